The number of nitrogens with one attached hydrogen (secondary N) is 1. The minimum absolute atomic E-state index is 0.0142. The normalized spacial score (nSPS) is 18.0. The molecule has 0 aliphatic carbocycles. The van der Waals surface area contributed by atoms with E-state index in [1.165, 1.54) is 37.9 Å². The second-order valence-electron chi connectivity index (χ2n) is 8.80. The maximum absolute atomic E-state index is 12.9. The molecule has 164 valence electrons. The largest absolute Gasteiger partial charge is 0.352 e. The summed E-state index contributed by atoms with van der Waals surface area (Å²) in [7, 11) is 0. The lowest BCUT2D eigenvalue weighted by molar-refractivity contribution is -0.126. The Morgan fingerprint density at radius 3 is 2.16 bits per heavy atom. The van der Waals surface area contributed by atoms with Gasteiger partial charge in [-0.3, -0.25) is 14.5 Å². The molecule has 31 heavy (non-hydrogen) atoms. The summed E-state index contributed by atoms with van der Waals surface area (Å²) in [5.41, 5.74) is 3.12. The number of rotatable bonds is 6. The van der Waals surface area contributed by atoms with Crippen molar-refractivity contribution in [1.29, 1.82) is 0 Å². The molecule has 2 aromatic carbocycles. The number of carbonyl (C=O) groups excluding carboxylic acids is 2. The number of hydrogen-bond donors (Lipinski definition) is 1. The fourth-order valence-corrected chi connectivity index (χ4v) is 4.59. The van der Waals surface area contributed by atoms with Crippen molar-refractivity contribution in [2.24, 2.45) is 5.92 Å². The van der Waals surface area contributed by atoms with Gasteiger partial charge in [0.2, 0.25) is 5.91 Å². The fraction of sp³-hybridized carbons (Fsp3) is 0.462. The molecule has 2 aliphatic rings. The van der Waals surface area contributed by atoms with Crippen molar-refractivity contribution in [2.45, 2.75) is 45.2 Å². The van der Waals surface area contributed by atoms with Crippen molar-refractivity contribution in [2.75, 3.05) is 26.2 Å². The highest BCUT2D eigenvalue weighted by Crippen LogP contribution is 2.20. The average Bonchev–Trinajstić information content (AvgIpc) is 2.84. The Kier molecular flexibility index (Phi) is 7.36. The second kappa shape index (κ2) is 10.6. The zero-order valence-corrected chi connectivity index (χ0v) is 18.3. The molecule has 2 fully saturated rings. The van der Waals surface area contributed by atoms with Crippen LogP contribution in [0, 0.1) is 5.92 Å². The van der Waals surface area contributed by atoms with E-state index in [4.69, 9.17) is 0 Å². The zero-order valence-electron chi connectivity index (χ0n) is 18.3. The zero-order chi connectivity index (χ0) is 21.5. The van der Waals surface area contributed by atoms with Gasteiger partial charge in [0.25, 0.3) is 5.91 Å². The quantitative estimate of drug-likeness (QED) is 0.774. The monoisotopic (exact) mass is 419 g/mol. The molecule has 2 amide bonds. The predicted octanol–water partition coefficient (Wildman–Crippen LogP) is 3.84. The smallest absolute Gasteiger partial charge is 0.253 e. The molecule has 2 aliphatic heterocycles. The molecule has 5 nitrogen and oxygen atoms in total. The van der Waals surface area contributed by atoms with Crippen molar-refractivity contribution in [1.82, 2.24) is 15.1 Å². The highest BCUT2D eigenvalue weighted by molar-refractivity contribution is 5.94. The van der Waals surface area contributed by atoms with Gasteiger partial charge in [-0.2, -0.15) is 0 Å². The van der Waals surface area contributed by atoms with Gasteiger partial charge in [0, 0.05) is 37.7 Å². The maximum atomic E-state index is 12.9. The summed E-state index contributed by atoms with van der Waals surface area (Å²) in [4.78, 5) is 29.8. The number of amides is 2. The number of likely N-dealkylation sites (tertiary alicyclic amines) is 2. The average molecular weight is 420 g/mol. The topological polar surface area (TPSA) is 52.7 Å². The first-order chi connectivity index (χ1) is 15.2. The highest BCUT2D eigenvalue weighted by Gasteiger charge is 2.27. The van der Waals surface area contributed by atoms with E-state index in [0.29, 0.717) is 19.6 Å². The number of nitrogens with zero attached hydrogens (tertiary/aromatic N) is 2. The lowest BCUT2D eigenvalue weighted by atomic mass is 9.95. The molecular weight excluding hydrogens is 386 g/mol. The first kappa shape index (κ1) is 21.6. The van der Waals surface area contributed by atoms with E-state index in [0.717, 1.165) is 30.5 Å². The summed E-state index contributed by atoms with van der Waals surface area (Å²) in [6.45, 7) is 5.15. The van der Waals surface area contributed by atoms with Crippen LogP contribution >= 0.6 is 0 Å². The van der Waals surface area contributed by atoms with Crippen LogP contribution in [0.5, 0.6) is 0 Å². The molecule has 5 heteroatoms. The van der Waals surface area contributed by atoms with Crippen LogP contribution in [-0.4, -0.2) is 47.8 Å². The summed E-state index contributed by atoms with van der Waals surface area (Å²) in [5, 5.41) is 3.04. The first-order valence-corrected chi connectivity index (χ1v) is 11.6. The van der Waals surface area contributed by atoms with Crippen molar-refractivity contribution in [3.8, 4) is 0 Å². The summed E-state index contributed by atoms with van der Waals surface area (Å²) in [5.74, 6) is 0.158. The molecule has 1 N–H and O–H groups in total. The van der Waals surface area contributed by atoms with Gasteiger partial charge in [-0.15, -0.1) is 0 Å². The van der Waals surface area contributed by atoms with Crippen molar-refractivity contribution >= 4 is 11.8 Å². The number of piperidine rings is 2. The van der Waals surface area contributed by atoms with Gasteiger partial charge in [0.15, 0.2) is 0 Å². The number of benzene rings is 2. The van der Waals surface area contributed by atoms with E-state index in [1.807, 2.05) is 47.4 Å². The van der Waals surface area contributed by atoms with Gasteiger partial charge >= 0.3 is 0 Å². The Labute approximate surface area is 185 Å². The Bertz CT molecular complexity index is 852. The first-order valence-electron chi connectivity index (χ1n) is 11.6. The molecule has 0 spiro atoms. The molecular formula is C26H33N3O2. The van der Waals surface area contributed by atoms with Gasteiger partial charge in [-0.1, -0.05) is 48.9 Å². The maximum Gasteiger partial charge on any atom is 0.253 e. The van der Waals surface area contributed by atoms with E-state index >= 15 is 0 Å². The van der Waals surface area contributed by atoms with E-state index in [9.17, 15) is 9.59 Å². The Balaban J connectivity index is 1.23. The molecule has 0 bridgehead atoms. The van der Waals surface area contributed by atoms with E-state index in [2.05, 4.69) is 22.3 Å². The molecule has 0 radical (unpaired) electrons. The van der Waals surface area contributed by atoms with Crippen LogP contribution < -0.4 is 5.32 Å². The van der Waals surface area contributed by atoms with E-state index < -0.39 is 0 Å². The van der Waals surface area contributed by atoms with Gasteiger partial charge in [-0.25, -0.2) is 0 Å². The lowest BCUT2D eigenvalue weighted by Gasteiger charge is -2.31. The molecule has 0 atom stereocenters. The molecule has 0 aromatic heterocycles. The summed E-state index contributed by atoms with van der Waals surface area (Å²) in [6, 6.07) is 18.0. The van der Waals surface area contributed by atoms with Gasteiger partial charge in [0.05, 0.1) is 0 Å². The van der Waals surface area contributed by atoms with E-state index in [1.54, 1.807) is 0 Å². The van der Waals surface area contributed by atoms with E-state index in [-0.39, 0.29) is 17.7 Å². The van der Waals surface area contributed by atoms with Crippen LogP contribution in [-0.2, 0) is 17.9 Å². The summed E-state index contributed by atoms with van der Waals surface area (Å²) < 4.78 is 0. The van der Waals surface area contributed by atoms with Crippen LogP contribution in [0.1, 0.15) is 53.6 Å². The summed E-state index contributed by atoms with van der Waals surface area (Å²) >= 11 is 0. The van der Waals surface area contributed by atoms with Crippen molar-refractivity contribution in [3.05, 3.63) is 71.3 Å². The van der Waals surface area contributed by atoms with Crippen LogP contribution in [0.4, 0.5) is 0 Å². The lowest BCUT2D eigenvalue weighted by Crippen LogP contribution is -2.42. The summed E-state index contributed by atoms with van der Waals surface area (Å²) in [6.07, 6.45) is 5.36. The van der Waals surface area contributed by atoms with Crippen LogP contribution in [0.3, 0.4) is 0 Å². The SMILES string of the molecule is O=C(NCc1ccccc1)C1CCN(C(=O)c2ccc(CN3CCCCC3)cc2)CC1. The van der Waals surface area contributed by atoms with Crippen molar-refractivity contribution < 1.29 is 9.59 Å². The number of carbonyl (C=O) groups is 2. The molecule has 2 aromatic rings. The van der Waals surface area contributed by atoms with Gasteiger partial charge in [-0.05, 0) is 62.0 Å². The molecule has 2 heterocycles. The van der Waals surface area contributed by atoms with Crippen molar-refractivity contribution in [3.63, 3.8) is 0 Å². The van der Waals surface area contributed by atoms with Gasteiger partial charge < -0.3 is 10.2 Å². The Morgan fingerprint density at radius 2 is 1.48 bits per heavy atom. The minimum Gasteiger partial charge on any atom is -0.352 e. The van der Waals surface area contributed by atoms with Crippen LogP contribution in [0.2, 0.25) is 0 Å². The Hall–Kier alpha value is -2.66. The molecule has 4 rings (SSSR count). The molecule has 0 unspecified atom stereocenters. The third-order valence-electron chi connectivity index (χ3n) is 6.52. The fourth-order valence-electron chi connectivity index (χ4n) is 4.59. The molecule has 2 saturated heterocycles. The third-order valence-corrected chi connectivity index (χ3v) is 6.52. The standard InChI is InChI=1S/C26H33N3O2/c30-25(27-19-21-7-3-1-4-8-21)23-13-17-29(18-14-23)26(31)24-11-9-22(10-12-24)20-28-15-5-2-6-16-28/h1,3-4,7-12,23H,2,5-6,13-20H2,(H,27,30). The predicted molar refractivity (Wildman–Crippen MR) is 122 cm³/mol. The number of hydrogen-bond acceptors (Lipinski definition) is 3. The van der Waals surface area contributed by atoms with Crippen LogP contribution in [0.15, 0.2) is 54.6 Å². The van der Waals surface area contributed by atoms with Crippen LogP contribution in [0.25, 0.3) is 0 Å². The second-order valence-corrected chi connectivity index (χ2v) is 8.80. The molecule has 0 saturated carbocycles. The minimum atomic E-state index is -0.0142. The third kappa shape index (κ3) is 5.95. The van der Waals surface area contributed by atoms with Gasteiger partial charge in [0.1, 0.15) is 0 Å². The Morgan fingerprint density at radius 1 is 0.806 bits per heavy atom. The highest BCUT2D eigenvalue weighted by atomic mass is 16.2.